The molecular weight excluding hydrogens is 161 g/mol. The van der Waals surface area contributed by atoms with E-state index in [2.05, 4.69) is 9.72 Å². The van der Waals surface area contributed by atoms with Gasteiger partial charge in [0.15, 0.2) is 5.69 Å². The third-order valence-electron chi connectivity index (χ3n) is 1.14. The summed E-state index contributed by atoms with van der Waals surface area (Å²) in [6.07, 6.45) is 0. The van der Waals surface area contributed by atoms with Gasteiger partial charge in [-0.3, -0.25) is 0 Å². The Morgan fingerprint density at radius 3 is 2.73 bits per heavy atom. The van der Waals surface area contributed by atoms with Crippen LogP contribution in [0, 0.1) is 6.92 Å². The number of rotatable bonds is 1. The number of nitrogens with zero attached hydrogens (tertiary/aromatic N) is 1. The first-order valence-electron chi connectivity index (χ1n) is 2.96. The molecular formula is C6H6BNO2S. The van der Waals surface area contributed by atoms with Crippen molar-refractivity contribution in [2.75, 3.05) is 7.11 Å². The van der Waals surface area contributed by atoms with Gasteiger partial charge in [-0.2, -0.15) is 0 Å². The quantitative estimate of drug-likeness (QED) is 0.437. The van der Waals surface area contributed by atoms with Gasteiger partial charge in [-0.25, -0.2) is 9.78 Å². The average Bonchev–Trinajstić information content (AvgIpc) is 2.28. The number of carbonyl (C=O) groups excluding carboxylic acids is 1. The van der Waals surface area contributed by atoms with Crippen molar-refractivity contribution in [2.45, 2.75) is 6.92 Å². The van der Waals surface area contributed by atoms with Gasteiger partial charge in [0.05, 0.1) is 12.1 Å². The molecule has 1 aromatic rings. The van der Waals surface area contributed by atoms with Crippen LogP contribution in [0.2, 0.25) is 0 Å². The van der Waals surface area contributed by atoms with Crippen molar-refractivity contribution in [1.82, 2.24) is 4.98 Å². The summed E-state index contributed by atoms with van der Waals surface area (Å²) in [4.78, 5) is 14.8. The van der Waals surface area contributed by atoms with Gasteiger partial charge in [0.1, 0.15) is 7.85 Å². The Labute approximate surface area is 69.8 Å². The molecule has 0 aliphatic rings. The van der Waals surface area contributed by atoms with Crippen LogP contribution in [0.1, 0.15) is 15.5 Å². The zero-order chi connectivity index (χ0) is 8.43. The van der Waals surface area contributed by atoms with Gasteiger partial charge >= 0.3 is 5.97 Å². The maximum atomic E-state index is 10.9. The van der Waals surface area contributed by atoms with Gasteiger partial charge in [0.25, 0.3) is 0 Å². The minimum Gasteiger partial charge on any atom is -0.464 e. The molecule has 5 heteroatoms. The van der Waals surface area contributed by atoms with Crippen molar-refractivity contribution >= 4 is 29.9 Å². The molecule has 0 aromatic carbocycles. The molecule has 0 amide bonds. The van der Waals surface area contributed by atoms with E-state index in [9.17, 15) is 4.79 Å². The molecule has 0 atom stereocenters. The number of hydrogen-bond acceptors (Lipinski definition) is 4. The lowest BCUT2D eigenvalue weighted by Crippen LogP contribution is -2.13. The first-order valence-corrected chi connectivity index (χ1v) is 3.78. The topological polar surface area (TPSA) is 39.2 Å². The van der Waals surface area contributed by atoms with Crippen molar-refractivity contribution in [3.63, 3.8) is 0 Å². The molecule has 0 saturated heterocycles. The van der Waals surface area contributed by atoms with Crippen LogP contribution >= 0.6 is 11.3 Å². The number of thiazole rings is 1. The Bertz CT molecular complexity index is 284. The summed E-state index contributed by atoms with van der Waals surface area (Å²) in [6, 6.07) is 0. The molecule has 1 aromatic heterocycles. The van der Waals surface area contributed by atoms with E-state index in [0.717, 1.165) is 5.01 Å². The summed E-state index contributed by atoms with van der Waals surface area (Å²) in [6.45, 7) is 1.79. The molecule has 0 aliphatic carbocycles. The fourth-order valence-electron chi connectivity index (χ4n) is 0.686. The SMILES string of the molecule is [B]c1sc(C)nc1C(=O)OC. The highest BCUT2D eigenvalue weighted by atomic mass is 32.1. The van der Waals surface area contributed by atoms with E-state index in [1.54, 1.807) is 6.92 Å². The second kappa shape index (κ2) is 3.05. The number of ether oxygens (including phenoxy) is 1. The van der Waals surface area contributed by atoms with E-state index in [4.69, 9.17) is 7.85 Å². The van der Waals surface area contributed by atoms with Crippen LogP contribution < -0.4 is 4.78 Å². The zero-order valence-corrected chi connectivity index (χ0v) is 7.07. The minimum absolute atomic E-state index is 0.218. The second-order valence-electron chi connectivity index (χ2n) is 1.94. The number of aryl methyl sites for hydroxylation is 1. The summed E-state index contributed by atoms with van der Waals surface area (Å²) >= 11 is 1.28. The molecule has 0 N–H and O–H groups in total. The molecule has 0 bridgehead atoms. The summed E-state index contributed by atoms with van der Waals surface area (Å²) in [7, 11) is 6.78. The molecule has 3 nitrogen and oxygen atoms in total. The van der Waals surface area contributed by atoms with Crippen LogP contribution in [0.15, 0.2) is 0 Å². The molecule has 1 heterocycles. The first-order chi connectivity index (χ1) is 5.15. The monoisotopic (exact) mass is 167 g/mol. The maximum absolute atomic E-state index is 10.9. The highest BCUT2D eigenvalue weighted by Gasteiger charge is 2.12. The highest BCUT2D eigenvalue weighted by Crippen LogP contribution is 2.04. The molecule has 2 radical (unpaired) electrons. The van der Waals surface area contributed by atoms with Gasteiger partial charge in [-0.05, 0) is 11.7 Å². The standard InChI is InChI=1S/C6H6BNO2S/c1-3-8-4(5(7)11-3)6(9)10-2/h1-2H3. The fourth-order valence-corrected chi connectivity index (χ4v) is 1.37. The molecule has 0 aliphatic heterocycles. The highest BCUT2D eigenvalue weighted by molar-refractivity contribution is 7.20. The normalized spacial score (nSPS) is 9.64. The van der Waals surface area contributed by atoms with Gasteiger partial charge in [-0.15, -0.1) is 11.3 Å². The zero-order valence-electron chi connectivity index (χ0n) is 6.25. The van der Waals surface area contributed by atoms with Crippen LogP contribution in [0.4, 0.5) is 0 Å². The fraction of sp³-hybridized carbons (Fsp3) is 0.333. The number of aromatic nitrogens is 1. The first kappa shape index (κ1) is 8.26. The molecule has 11 heavy (non-hydrogen) atoms. The van der Waals surface area contributed by atoms with Crippen LogP contribution in [0.25, 0.3) is 0 Å². The second-order valence-corrected chi connectivity index (χ2v) is 3.17. The van der Waals surface area contributed by atoms with Crippen molar-refractivity contribution < 1.29 is 9.53 Å². The Balaban J connectivity index is 3.03. The van der Waals surface area contributed by atoms with Gasteiger partial charge in [0, 0.05) is 0 Å². The Hall–Kier alpha value is -0.835. The van der Waals surface area contributed by atoms with Gasteiger partial charge in [-0.1, -0.05) is 0 Å². The van der Waals surface area contributed by atoms with Gasteiger partial charge in [0.2, 0.25) is 0 Å². The lowest BCUT2D eigenvalue weighted by Gasteiger charge is -1.93. The molecule has 0 fully saturated rings. The third-order valence-corrected chi connectivity index (χ3v) is 1.94. The van der Waals surface area contributed by atoms with Crippen molar-refractivity contribution in [3.8, 4) is 0 Å². The molecule has 1 rings (SSSR count). The number of carbonyl (C=O) groups is 1. The van der Waals surface area contributed by atoms with E-state index < -0.39 is 5.97 Å². The Morgan fingerprint density at radius 1 is 1.73 bits per heavy atom. The number of methoxy groups -OCH3 is 1. The van der Waals surface area contributed by atoms with E-state index in [-0.39, 0.29) is 5.69 Å². The summed E-state index contributed by atoms with van der Waals surface area (Å²) in [5, 5.41) is 0.767. The van der Waals surface area contributed by atoms with Crippen molar-refractivity contribution in [2.24, 2.45) is 0 Å². The maximum Gasteiger partial charge on any atom is 0.356 e. The van der Waals surface area contributed by atoms with Crippen LogP contribution in [0.5, 0.6) is 0 Å². The van der Waals surface area contributed by atoms with Crippen LogP contribution in [-0.2, 0) is 4.74 Å². The van der Waals surface area contributed by atoms with E-state index in [1.807, 2.05) is 0 Å². The third kappa shape index (κ3) is 1.60. The lowest BCUT2D eigenvalue weighted by molar-refractivity contribution is 0.0596. The Kier molecular flexibility index (Phi) is 2.29. The lowest BCUT2D eigenvalue weighted by atomic mass is 10.1. The van der Waals surface area contributed by atoms with Crippen molar-refractivity contribution in [1.29, 1.82) is 0 Å². The summed E-state index contributed by atoms with van der Waals surface area (Å²) in [5.41, 5.74) is 0.218. The average molecular weight is 167 g/mol. The molecule has 0 spiro atoms. The smallest absolute Gasteiger partial charge is 0.356 e. The molecule has 0 unspecified atom stereocenters. The molecule has 56 valence electrons. The van der Waals surface area contributed by atoms with Crippen LogP contribution in [0.3, 0.4) is 0 Å². The largest absolute Gasteiger partial charge is 0.464 e. The minimum atomic E-state index is -0.480. The number of hydrogen-bond donors (Lipinski definition) is 0. The Morgan fingerprint density at radius 2 is 2.36 bits per heavy atom. The predicted octanol–water partition coefficient (Wildman–Crippen LogP) is 0.0319. The van der Waals surface area contributed by atoms with Gasteiger partial charge < -0.3 is 4.74 Å². The number of esters is 1. The summed E-state index contributed by atoms with van der Waals surface area (Å²) in [5.74, 6) is -0.480. The van der Waals surface area contributed by atoms with E-state index in [0.29, 0.717) is 4.78 Å². The predicted molar refractivity (Wildman–Crippen MR) is 43.6 cm³/mol. The van der Waals surface area contributed by atoms with E-state index in [1.165, 1.54) is 18.4 Å². The van der Waals surface area contributed by atoms with E-state index >= 15 is 0 Å². The summed E-state index contributed by atoms with van der Waals surface area (Å²) < 4.78 is 4.87. The molecule has 0 saturated carbocycles. The van der Waals surface area contributed by atoms with Crippen molar-refractivity contribution in [3.05, 3.63) is 10.7 Å². The van der Waals surface area contributed by atoms with Crippen LogP contribution in [-0.4, -0.2) is 25.9 Å².